The lowest BCUT2D eigenvalue weighted by molar-refractivity contribution is -0.131. The summed E-state index contributed by atoms with van der Waals surface area (Å²) in [4.78, 5) is 12.9. The Kier molecular flexibility index (Phi) is 5.11. The Labute approximate surface area is 74.0 Å². The van der Waals surface area contributed by atoms with Crippen molar-refractivity contribution in [3.8, 4) is 6.07 Å². The first-order valence-electron chi connectivity index (χ1n) is 4.26. The number of carbonyl (C=O) groups is 1. The Morgan fingerprint density at radius 1 is 1.58 bits per heavy atom. The van der Waals surface area contributed by atoms with Crippen molar-refractivity contribution in [1.82, 2.24) is 4.90 Å². The van der Waals surface area contributed by atoms with Gasteiger partial charge in [0.15, 0.2) is 0 Å². The quantitative estimate of drug-likeness (QED) is 0.596. The van der Waals surface area contributed by atoms with Gasteiger partial charge >= 0.3 is 0 Å². The molecule has 0 spiro atoms. The van der Waals surface area contributed by atoms with E-state index in [1.807, 2.05) is 26.8 Å². The lowest BCUT2D eigenvalue weighted by atomic mass is 10.1. The molecule has 3 nitrogen and oxygen atoms in total. The zero-order valence-electron chi connectivity index (χ0n) is 8.00. The van der Waals surface area contributed by atoms with Gasteiger partial charge in [-0.1, -0.05) is 13.8 Å². The van der Waals surface area contributed by atoms with Gasteiger partial charge in [0.1, 0.15) is 6.54 Å². The third kappa shape index (κ3) is 3.97. The summed E-state index contributed by atoms with van der Waals surface area (Å²) in [6.07, 6.45) is 0.537. The average molecular weight is 168 g/mol. The van der Waals surface area contributed by atoms with Gasteiger partial charge in [0.25, 0.3) is 0 Å². The summed E-state index contributed by atoms with van der Waals surface area (Å²) < 4.78 is 0. The molecule has 0 saturated carbocycles. The molecule has 0 bridgehead atoms. The molecule has 3 heteroatoms. The molecule has 0 N–H and O–H groups in total. The van der Waals surface area contributed by atoms with Crippen molar-refractivity contribution in [2.45, 2.75) is 27.2 Å². The Hall–Kier alpha value is -1.04. The summed E-state index contributed by atoms with van der Waals surface area (Å²) in [5.41, 5.74) is 0. The van der Waals surface area contributed by atoms with Crippen LogP contribution >= 0.6 is 0 Å². The molecule has 12 heavy (non-hydrogen) atoms. The SMILES string of the molecule is CCN(CC#N)C(=O)CC(C)C. The van der Waals surface area contributed by atoms with E-state index in [4.69, 9.17) is 5.26 Å². The molecule has 0 aromatic heterocycles. The molecule has 0 heterocycles. The first-order chi connectivity index (χ1) is 5.61. The van der Waals surface area contributed by atoms with Crippen LogP contribution in [0.1, 0.15) is 27.2 Å². The molecule has 0 aromatic rings. The third-order valence-electron chi connectivity index (χ3n) is 1.58. The maximum atomic E-state index is 11.3. The zero-order valence-corrected chi connectivity index (χ0v) is 8.00. The Morgan fingerprint density at radius 2 is 2.17 bits per heavy atom. The molecule has 0 atom stereocenters. The predicted octanol–water partition coefficient (Wildman–Crippen LogP) is 1.40. The highest BCUT2D eigenvalue weighted by molar-refractivity contribution is 5.76. The molecule has 0 aromatic carbocycles. The van der Waals surface area contributed by atoms with Gasteiger partial charge in [0.2, 0.25) is 5.91 Å². The van der Waals surface area contributed by atoms with E-state index in [0.29, 0.717) is 18.9 Å². The molecule has 68 valence electrons. The van der Waals surface area contributed by atoms with Gasteiger partial charge in [-0.2, -0.15) is 5.26 Å². The van der Waals surface area contributed by atoms with Crippen LogP contribution in [0.25, 0.3) is 0 Å². The van der Waals surface area contributed by atoms with Crippen molar-refractivity contribution in [3.63, 3.8) is 0 Å². The lowest BCUT2D eigenvalue weighted by Crippen LogP contribution is -2.31. The van der Waals surface area contributed by atoms with Gasteiger partial charge in [-0.15, -0.1) is 0 Å². The Morgan fingerprint density at radius 3 is 2.50 bits per heavy atom. The standard InChI is InChI=1S/C9H16N2O/c1-4-11(6-5-10)9(12)7-8(2)3/h8H,4,6-7H2,1-3H3. The number of hydrogen-bond acceptors (Lipinski definition) is 2. The van der Waals surface area contributed by atoms with E-state index in [-0.39, 0.29) is 12.5 Å². The number of rotatable bonds is 4. The van der Waals surface area contributed by atoms with Crippen LogP contribution in [0.15, 0.2) is 0 Å². The number of nitriles is 1. The average Bonchev–Trinajstić information content (AvgIpc) is 1.98. The highest BCUT2D eigenvalue weighted by Crippen LogP contribution is 2.03. The van der Waals surface area contributed by atoms with Crippen LogP contribution in [0, 0.1) is 17.2 Å². The van der Waals surface area contributed by atoms with Gasteiger partial charge in [-0.3, -0.25) is 4.79 Å². The maximum Gasteiger partial charge on any atom is 0.223 e. The van der Waals surface area contributed by atoms with Gasteiger partial charge in [-0.05, 0) is 12.8 Å². The molecule has 0 aliphatic heterocycles. The molecular weight excluding hydrogens is 152 g/mol. The number of hydrogen-bond donors (Lipinski definition) is 0. The van der Waals surface area contributed by atoms with Crippen LogP contribution < -0.4 is 0 Å². The Balaban J connectivity index is 3.96. The lowest BCUT2D eigenvalue weighted by Gasteiger charge is -2.17. The van der Waals surface area contributed by atoms with Gasteiger partial charge < -0.3 is 4.90 Å². The van der Waals surface area contributed by atoms with E-state index in [1.54, 1.807) is 4.90 Å². The van der Waals surface area contributed by atoms with E-state index in [9.17, 15) is 4.79 Å². The fourth-order valence-electron chi connectivity index (χ4n) is 0.940. The second-order valence-corrected chi connectivity index (χ2v) is 3.16. The van der Waals surface area contributed by atoms with Crippen molar-refractivity contribution in [1.29, 1.82) is 5.26 Å². The van der Waals surface area contributed by atoms with E-state index in [2.05, 4.69) is 0 Å². The summed E-state index contributed by atoms with van der Waals surface area (Å²) in [6.45, 7) is 6.72. The smallest absolute Gasteiger partial charge is 0.223 e. The van der Waals surface area contributed by atoms with Crippen LogP contribution in [0.3, 0.4) is 0 Å². The van der Waals surface area contributed by atoms with Gasteiger partial charge in [0, 0.05) is 13.0 Å². The van der Waals surface area contributed by atoms with E-state index < -0.39 is 0 Å². The molecule has 0 unspecified atom stereocenters. The van der Waals surface area contributed by atoms with Crippen LogP contribution in [-0.4, -0.2) is 23.9 Å². The van der Waals surface area contributed by atoms with E-state index in [1.165, 1.54) is 0 Å². The minimum atomic E-state index is 0.0778. The van der Waals surface area contributed by atoms with Crippen LogP contribution in [0.5, 0.6) is 0 Å². The maximum absolute atomic E-state index is 11.3. The van der Waals surface area contributed by atoms with Crippen molar-refractivity contribution >= 4 is 5.91 Å². The van der Waals surface area contributed by atoms with Crippen LogP contribution in [0.4, 0.5) is 0 Å². The van der Waals surface area contributed by atoms with Gasteiger partial charge in [-0.25, -0.2) is 0 Å². The second-order valence-electron chi connectivity index (χ2n) is 3.16. The highest BCUT2D eigenvalue weighted by atomic mass is 16.2. The zero-order chi connectivity index (χ0) is 9.56. The molecule has 0 saturated heterocycles. The predicted molar refractivity (Wildman–Crippen MR) is 47.3 cm³/mol. The monoisotopic (exact) mass is 168 g/mol. The number of amides is 1. The summed E-state index contributed by atoms with van der Waals surface area (Å²) in [5, 5.41) is 8.41. The topological polar surface area (TPSA) is 44.1 Å². The summed E-state index contributed by atoms with van der Waals surface area (Å²) in [6, 6.07) is 1.98. The first kappa shape index (κ1) is 11.0. The molecule has 0 aliphatic rings. The normalized spacial score (nSPS) is 9.58. The minimum Gasteiger partial charge on any atom is -0.330 e. The minimum absolute atomic E-state index is 0.0778. The first-order valence-corrected chi connectivity index (χ1v) is 4.26. The highest BCUT2D eigenvalue weighted by Gasteiger charge is 2.11. The molecule has 0 rings (SSSR count). The molecule has 0 aliphatic carbocycles. The number of carbonyl (C=O) groups excluding carboxylic acids is 1. The van der Waals surface area contributed by atoms with Crippen molar-refractivity contribution < 1.29 is 4.79 Å². The summed E-state index contributed by atoms with van der Waals surface area (Å²) in [5.74, 6) is 0.444. The molecule has 0 fully saturated rings. The van der Waals surface area contributed by atoms with Crippen LogP contribution in [0.2, 0.25) is 0 Å². The summed E-state index contributed by atoms with van der Waals surface area (Å²) >= 11 is 0. The second kappa shape index (κ2) is 5.59. The third-order valence-corrected chi connectivity index (χ3v) is 1.58. The molecular formula is C9H16N2O. The van der Waals surface area contributed by atoms with Crippen molar-refractivity contribution in [2.75, 3.05) is 13.1 Å². The van der Waals surface area contributed by atoms with E-state index in [0.717, 1.165) is 0 Å². The van der Waals surface area contributed by atoms with Crippen LogP contribution in [-0.2, 0) is 4.79 Å². The fraction of sp³-hybridized carbons (Fsp3) is 0.778. The Bertz CT molecular complexity index is 181. The van der Waals surface area contributed by atoms with Crippen molar-refractivity contribution in [2.24, 2.45) is 5.92 Å². The summed E-state index contributed by atoms with van der Waals surface area (Å²) in [7, 11) is 0. The van der Waals surface area contributed by atoms with E-state index >= 15 is 0 Å². The molecule has 0 radical (unpaired) electrons. The molecule has 1 amide bonds. The van der Waals surface area contributed by atoms with Gasteiger partial charge in [0.05, 0.1) is 6.07 Å². The fourth-order valence-corrected chi connectivity index (χ4v) is 0.940. The largest absolute Gasteiger partial charge is 0.330 e. The van der Waals surface area contributed by atoms with Crippen molar-refractivity contribution in [3.05, 3.63) is 0 Å². The number of nitrogens with zero attached hydrogens (tertiary/aromatic N) is 2.